The molecule has 0 spiro atoms. The van der Waals surface area contributed by atoms with Crippen molar-refractivity contribution in [1.29, 1.82) is 0 Å². The molecule has 0 amide bonds. The lowest BCUT2D eigenvalue weighted by atomic mass is 9.81. The Bertz CT molecular complexity index is 1250. The molecule has 8 nitrogen and oxygen atoms in total. The fraction of sp³-hybridized carbons (Fsp3) is 0.455. The van der Waals surface area contributed by atoms with E-state index in [4.69, 9.17) is 4.42 Å². The van der Waals surface area contributed by atoms with Crippen LogP contribution in [0.15, 0.2) is 52.0 Å². The molecule has 1 N–H and O–H groups in total. The van der Waals surface area contributed by atoms with Crippen LogP contribution >= 0.6 is 0 Å². The molecule has 1 aromatic carbocycles. The second-order valence-corrected chi connectivity index (χ2v) is 10.7. The van der Waals surface area contributed by atoms with Gasteiger partial charge in [-0.3, -0.25) is 4.57 Å². The number of halogens is 3. The van der Waals surface area contributed by atoms with Crippen LogP contribution < -0.4 is 4.90 Å². The Labute approximate surface area is 194 Å². The second kappa shape index (κ2) is 8.73. The molecule has 0 aliphatic carbocycles. The molecule has 1 fully saturated rings. The molecular weight excluding hydrogens is 473 g/mol. The highest BCUT2D eigenvalue weighted by atomic mass is 32.2. The van der Waals surface area contributed by atoms with Gasteiger partial charge in [-0.1, -0.05) is 12.1 Å². The first-order valence-corrected chi connectivity index (χ1v) is 12.6. The summed E-state index contributed by atoms with van der Waals surface area (Å²) in [6.45, 7) is 1.56. The van der Waals surface area contributed by atoms with Gasteiger partial charge in [0.15, 0.2) is 21.3 Å². The molecule has 1 atom stereocenters. The third-order valence-electron chi connectivity index (χ3n) is 6.29. The maximum Gasteiger partial charge on any atom is 0.417 e. The van der Waals surface area contributed by atoms with Crippen molar-refractivity contribution >= 4 is 15.8 Å². The third-order valence-corrected chi connectivity index (χ3v) is 7.40. The summed E-state index contributed by atoms with van der Waals surface area (Å²) in [5.41, 5.74) is -2.24. The van der Waals surface area contributed by atoms with Crippen molar-refractivity contribution in [3.8, 4) is 11.4 Å². The van der Waals surface area contributed by atoms with E-state index in [-0.39, 0.29) is 37.4 Å². The van der Waals surface area contributed by atoms with Crippen LogP contribution in [-0.2, 0) is 16.4 Å². The van der Waals surface area contributed by atoms with Crippen LogP contribution in [0, 0.1) is 5.92 Å². The van der Waals surface area contributed by atoms with Crippen LogP contribution in [0.1, 0.15) is 25.5 Å². The van der Waals surface area contributed by atoms with E-state index in [0.717, 1.165) is 13.2 Å². The maximum atomic E-state index is 13.3. The number of alkyl halides is 3. The van der Waals surface area contributed by atoms with E-state index < -0.39 is 27.5 Å². The number of nitrogens with zero attached hydrogens (tertiary/aromatic N) is 4. The molecule has 1 unspecified atom stereocenters. The van der Waals surface area contributed by atoms with E-state index in [1.165, 1.54) is 18.4 Å². The molecule has 0 bridgehead atoms. The zero-order valence-electron chi connectivity index (χ0n) is 18.7. The molecule has 1 aliphatic rings. The van der Waals surface area contributed by atoms with Crippen LogP contribution in [0.4, 0.5) is 19.1 Å². The van der Waals surface area contributed by atoms with Crippen LogP contribution in [-0.4, -0.2) is 59.4 Å². The van der Waals surface area contributed by atoms with Gasteiger partial charge in [0.25, 0.3) is 0 Å². The van der Waals surface area contributed by atoms with Gasteiger partial charge in [0.05, 0.1) is 17.7 Å². The minimum absolute atomic E-state index is 0.124. The Kier molecular flexibility index (Phi) is 6.23. The lowest BCUT2D eigenvalue weighted by molar-refractivity contribution is -0.273. The first kappa shape index (κ1) is 24.3. The van der Waals surface area contributed by atoms with Crippen molar-refractivity contribution in [3.63, 3.8) is 0 Å². The van der Waals surface area contributed by atoms with Gasteiger partial charge >= 0.3 is 6.18 Å². The molecule has 3 heterocycles. The molecule has 2 aromatic heterocycles. The number of piperidine rings is 1. The number of furan rings is 1. The normalized spacial score (nSPS) is 17.6. The van der Waals surface area contributed by atoms with Gasteiger partial charge in [0.1, 0.15) is 5.76 Å². The second-order valence-electron chi connectivity index (χ2n) is 8.70. The van der Waals surface area contributed by atoms with Gasteiger partial charge in [-0.25, -0.2) is 8.42 Å². The zero-order valence-corrected chi connectivity index (χ0v) is 19.5. The van der Waals surface area contributed by atoms with Gasteiger partial charge in [-0.2, -0.15) is 13.2 Å². The van der Waals surface area contributed by atoms with E-state index >= 15 is 0 Å². The summed E-state index contributed by atoms with van der Waals surface area (Å²) in [6, 6.07) is 9.83. The molecule has 3 aromatic rings. The molecule has 12 heteroatoms. The predicted octanol–water partition coefficient (Wildman–Crippen LogP) is 3.52. The lowest BCUT2D eigenvalue weighted by Gasteiger charge is -2.40. The van der Waals surface area contributed by atoms with Crippen molar-refractivity contribution in [3.05, 3.63) is 48.4 Å². The number of aromatic nitrogens is 3. The number of anilines is 1. The number of rotatable bonds is 6. The van der Waals surface area contributed by atoms with E-state index in [1.807, 2.05) is 4.90 Å². The van der Waals surface area contributed by atoms with Gasteiger partial charge in [-0.15, -0.1) is 10.2 Å². The van der Waals surface area contributed by atoms with Gasteiger partial charge in [0.2, 0.25) is 5.95 Å². The number of aliphatic hydroxyl groups is 1. The molecule has 4 rings (SSSR count). The van der Waals surface area contributed by atoms with Crippen LogP contribution in [0.2, 0.25) is 0 Å². The third kappa shape index (κ3) is 4.69. The Morgan fingerprint density at radius 2 is 1.85 bits per heavy atom. The largest absolute Gasteiger partial charge is 0.467 e. The van der Waals surface area contributed by atoms with E-state index in [2.05, 4.69) is 10.2 Å². The molecule has 0 radical (unpaired) electrons. The van der Waals surface area contributed by atoms with Crippen molar-refractivity contribution in [2.24, 2.45) is 5.92 Å². The Morgan fingerprint density at radius 3 is 2.44 bits per heavy atom. The predicted molar refractivity (Wildman–Crippen MR) is 118 cm³/mol. The summed E-state index contributed by atoms with van der Waals surface area (Å²) in [6.07, 6.45) is -1.83. The Balaban J connectivity index is 1.66. The Hall–Kier alpha value is -2.86. The van der Waals surface area contributed by atoms with Crippen LogP contribution in [0.5, 0.6) is 0 Å². The van der Waals surface area contributed by atoms with Gasteiger partial charge in [-0.05, 0) is 49.9 Å². The minimum Gasteiger partial charge on any atom is -0.467 e. The van der Waals surface area contributed by atoms with E-state index in [1.54, 1.807) is 28.8 Å². The molecule has 1 aliphatic heterocycles. The van der Waals surface area contributed by atoms with Crippen molar-refractivity contribution in [1.82, 2.24) is 14.8 Å². The highest BCUT2D eigenvalue weighted by molar-refractivity contribution is 7.90. The van der Waals surface area contributed by atoms with Crippen LogP contribution in [0.3, 0.4) is 0 Å². The SMILES string of the molecule is CC(O)(C1CCN(c2nnc(-c3cccc(S(C)(=O)=O)c3)n2Cc2ccco2)CC1)C(F)(F)F. The smallest absolute Gasteiger partial charge is 0.417 e. The highest BCUT2D eigenvalue weighted by Crippen LogP contribution is 2.41. The number of hydrogen-bond acceptors (Lipinski definition) is 7. The van der Waals surface area contributed by atoms with Gasteiger partial charge < -0.3 is 14.4 Å². The summed E-state index contributed by atoms with van der Waals surface area (Å²) >= 11 is 0. The number of sulfone groups is 1. The summed E-state index contributed by atoms with van der Waals surface area (Å²) < 4.78 is 71.1. The molecule has 1 saturated heterocycles. The summed E-state index contributed by atoms with van der Waals surface area (Å²) in [4.78, 5) is 1.96. The average Bonchev–Trinajstić information content (AvgIpc) is 3.43. The fourth-order valence-corrected chi connectivity index (χ4v) is 4.85. The summed E-state index contributed by atoms with van der Waals surface area (Å²) in [5.74, 6) is 0.509. The maximum absolute atomic E-state index is 13.3. The van der Waals surface area contributed by atoms with Crippen molar-refractivity contribution in [2.45, 2.75) is 43.0 Å². The minimum atomic E-state index is -4.71. The van der Waals surface area contributed by atoms with Crippen LogP contribution in [0.25, 0.3) is 11.4 Å². The van der Waals surface area contributed by atoms with E-state index in [9.17, 15) is 26.7 Å². The molecule has 34 heavy (non-hydrogen) atoms. The quantitative estimate of drug-likeness (QED) is 0.555. The standard InChI is InChI=1S/C22H25F3N4O4S/c1-21(30,22(23,24)25)16-8-10-28(11-9-16)20-27-26-19(29(20)14-17-6-4-12-33-17)15-5-3-7-18(13-15)34(2,31)32/h3-7,12-13,16,30H,8-11,14H2,1-2H3. The number of hydrogen-bond donors (Lipinski definition) is 1. The zero-order chi connectivity index (χ0) is 24.7. The molecule has 184 valence electrons. The van der Waals surface area contributed by atoms with Gasteiger partial charge in [0, 0.05) is 24.9 Å². The number of benzene rings is 1. The van der Waals surface area contributed by atoms with E-state index in [0.29, 0.717) is 23.1 Å². The topological polar surface area (TPSA) is 101 Å². The summed E-state index contributed by atoms with van der Waals surface area (Å²) in [5, 5.41) is 18.6. The van der Waals surface area contributed by atoms with Crippen molar-refractivity contribution < 1.29 is 31.1 Å². The van der Waals surface area contributed by atoms with Crippen molar-refractivity contribution in [2.75, 3.05) is 24.2 Å². The first-order chi connectivity index (χ1) is 15.9. The lowest BCUT2D eigenvalue weighted by Crippen LogP contribution is -2.52. The average molecular weight is 499 g/mol. The molecule has 0 saturated carbocycles. The first-order valence-electron chi connectivity index (χ1n) is 10.7. The monoisotopic (exact) mass is 498 g/mol. The fourth-order valence-electron chi connectivity index (χ4n) is 4.19. The summed E-state index contributed by atoms with van der Waals surface area (Å²) in [7, 11) is -3.44. The Morgan fingerprint density at radius 1 is 1.15 bits per heavy atom. The molecular formula is C22H25F3N4O4S. The highest BCUT2D eigenvalue weighted by Gasteiger charge is 2.55.